The number of aromatic amines is 1. The summed E-state index contributed by atoms with van der Waals surface area (Å²) in [4.78, 5) is 68.8. The average Bonchev–Trinajstić information content (AvgIpc) is 3.48. The molecule has 5 amide bonds. The average molecular weight is 689 g/mol. The predicted octanol–water partition coefficient (Wildman–Crippen LogP) is 0.824. The normalized spacial score (nSPS) is 16.9. The number of hydrogen-bond acceptors (Lipinski definition) is 8. The van der Waals surface area contributed by atoms with Crippen LogP contribution < -0.4 is 38.1 Å². The number of carbonyl (C=O) groups is 5. The van der Waals surface area contributed by atoms with E-state index in [0.29, 0.717) is 17.0 Å². The van der Waals surface area contributed by atoms with E-state index >= 15 is 0 Å². The maximum absolute atomic E-state index is 13.8. The van der Waals surface area contributed by atoms with Crippen LogP contribution in [0.3, 0.4) is 0 Å². The van der Waals surface area contributed by atoms with Crippen LogP contribution in [0.1, 0.15) is 37.8 Å². The zero-order chi connectivity index (χ0) is 35.7. The van der Waals surface area contributed by atoms with Gasteiger partial charge in [-0.2, -0.15) is 0 Å². The molecule has 10 N–H and O–H groups in total. The third-order valence-electron chi connectivity index (χ3n) is 8.30. The summed E-state index contributed by atoms with van der Waals surface area (Å²) in [6, 6.07) is 11.5. The lowest BCUT2D eigenvalue weighted by Crippen LogP contribution is -2.60. The van der Waals surface area contributed by atoms with Crippen molar-refractivity contribution < 1.29 is 24.0 Å². The van der Waals surface area contributed by atoms with Crippen molar-refractivity contribution in [2.45, 2.75) is 75.8 Å². The van der Waals surface area contributed by atoms with Crippen molar-refractivity contribution in [1.29, 1.82) is 0 Å². The van der Waals surface area contributed by atoms with Gasteiger partial charge in [0.2, 0.25) is 29.5 Å². The summed E-state index contributed by atoms with van der Waals surface area (Å²) in [5.41, 5.74) is 14.3. The second-order valence-electron chi connectivity index (χ2n) is 12.0. The summed E-state index contributed by atoms with van der Waals surface area (Å²) in [7, 11) is 0. The number of rotatable bonds is 17. The third-order valence-corrected chi connectivity index (χ3v) is 8.80. The summed E-state index contributed by atoms with van der Waals surface area (Å²) < 4.78 is 0. The molecule has 0 radical (unpaired) electrons. The molecule has 0 unspecified atom stereocenters. The van der Waals surface area contributed by atoms with Crippen LogP contribution in [0.2, 0.25) is 0 Å². The van der Waals surface area contributed by atoms with Gasteiger partial charge in [-0.05, 0) is 37.0 Å². The highest BCUT2D eigenvalue weighted by atomic mass is 32.1. The van der Waals surface area contributed by atoms with E-state index in [2.05, 4.69) is 50.8 Å². The van der Waals surface area contributed by atoms with E-state index in [9.17, 15) is 24.0 Å². The lowest BCUT2D eigenvalue weighted by Gasteiger charge is -2.36. The molecular weight excluding hydrogens is 645 g/mol. The van der Waals surface area contributed by atoms with Crippen LogP contribution >= 0.6 is 12.6 Å². The zero-order valence-electron chi connectivity index (χ0n) is 27.5. The fraction of sp³-hybridized carbons (Fsp3) is 0.343. The van der Waals surface area contributed by atoms with Gasteiger partial charge in [-0.3, -0.25) is 24.0 Å². The molecule has 13 nitrogen and oxygen atoms in total. The number of para-hydroxylation sites is 1. The smallest absolute Gasteiger partial charge is 0.245 e. The lowest BCUT2D eigenvalue weighted by molar-refractivity contribution is -0.134. The number of fused-ring (bicyclic) bond motifs is 1. The second kappa shape index (κ2) is 16.8. The lowest BCUT2D eigenvalue weighted by atomic mass is 9.95. The molecule has 49 heavy (non-hydrogen) atoms. The van der Waals surface area contributed by atoms with Crippen LogP contribution in [0.15, 0.2) is 84.1 Å². The summed E-state index contributed by atoms with van der Waals surface area (Å²) in [5, 5.41) is 15.2. The van der Waals surface area contributed by atoms with Gasteiger partial charge in [-0.25, -0.2) is 0 Å². The highest BCUT2D eigenvalue weighted by Crippen LogP contribution is 2.28. The molecule has 1 aliphatic heterocycles. The molecular formula is C35H44N8O5S. The minimum atomic E-state index is -1.09. The molecule has 14 heteroatoms. The van der Waals surface area contributed by atoms with Gasteiger partial charge < -0.3 is 43.0 Å². The molecule has 6 atom stereocenters. The van der Waals surface area contributed by atoms with E-state index in [1.165, 1.54) is 13.0 Å². The molecule has 2 heterocycles. The van der Waals surface area contributed by atoms with Gasteiger partial charge in [0.1, 0.15) is 24.2 Å². The fourth-order valence-corrected chi connectivity index (χ4v) is 5.95. The quantitative estimate of drug-likeness (QED) is 0.0735. The minimum absolute atomic E-state index is 0.107. The Morgan fingerprint density at radius 3 is 2.12 bits per heavy atom. The summed E-state index contributed by atoms with van der Waals surface area (Å²) in [5.74, 6) is -2.79. The Labute approximate surface area is 290 Å². The van der Waals surface area contributed by atoms with Crippen molar-refractivity contribution in [2.75, 3.05) is 0 Å². The number of nitrogens with one attached hydrogen (secondary N) is 6. The standard InChI is InChI=1S/C35H44N8O5S/c1-4-11-25(40-32(45)19(3)36)34(47)42-27(16-20-12-7-6-8-13-20)35(48)39-23(5-2)33(46)41-26(28-30(49)29(43-28)31(37)44)17-21-18-38-24-15-10-9-14-22(21)24/h4,6-10,12-15,18-19,23,25-27,29,38,43,49H,1,5,11,16-17,36H2,2-3H3,(H2,37,44)(H,39,48)(H,40,45)(H,41,46)(H,42,47)/t19-,23+,25+,26+,27-,29+/m1/s1. The van der Waals surface area contributed by atoms with Crippen LogP contribution in [0.25, 0.3) is 10.9 Å². The molecule has 0 spiro atoms. The van der Waals surface area contributed by atoms with E-state index in [1.807, 2.05) is 60.8 Å². The van der Waals surface area contributed by atoms with Gasteiger partial charge >= 0.3 is 0 Å². The van der Waals surface area contributed by atoms with Crippen LogP contribution in [-0.2, 0) is 36.8 Å². The largest absolute Gasteiger partial charge is 0.371 e. The number of primary amides is 1. The SMILES string of the molecule is C=CC[C@H](NC(=O)[C@@H](C)N)C(=O)N[C@H](Cc1ccccc1)C(=O)N[C@@H](CC)C(=O)N[C@@H](Cc1c[nH]c2ccccc12)C1=C(S)[C@@H](C(N)=O)N1. The first-order chi connectivity index (χ1) is 23.4. The molecule has 0 bridgehead atoms. The first-order valence-corrected chi connectivity index (χ1v) is 16.5. The Morgan fingerprint density at radius 2 is 1.49 bits per heavy atom. The van der Waals surface area contributed by atoms with Gasteiger partial charge in [-0.1, -0.05) is 61.5 Å². The van der Waals surface area contributed by atoms with E-state index in [-0.39, 0.29) is 19.3 Å². The summed E-state index contributed by atoms with van der Waals surface area (Å²) in [6.07, 6.45) is 4.15. The van der Waals surface area contributed by atoms with Gasteiger partial charge in [0.05, 0.1) is 12.1 Å². The molecule has 0 saturated heterocycles. The van der Waals surface area contributed by atoms with E-state index < -0.39 is 65.8 Å². The molecule has 1 aromatic heterocycles. The van der Waals surface area contributed by atoms with Gasteiger partial charge in [-0.15, -0.1) is 19.2 Å². The van der Waals surface area contributed by atoms with Gasteiger partial charge in [0.15, 0.2) is 0 Å². The zero-order valence-corrected chi connectivity index (χ0v) is 28.4. The fourth-order valence-electron chi connectivity index (χ4n) is 5.54. The molecule has 0 saturated carbocycles. The number of carbonyl (C=O) groups excluding carboxylic acids is 5. The highest BCUT2D eigenvalue weighted by Gasteiger charge is 2.37. The number of H-pyrrole nitrogens is 1. The Morgan fingerprint density at radius 1 is 0.878 bits per heavy atom. The van der Waals surface area contributed by atoms with Crippen molar-refractivity contribution in [3.63, 3.8) is 0 Å². The highest BCUT2D eigenvalue weighted by molar-refractivity contribution is 7.84. The molecule has 4 rings (SSSR count). The molecule has 260 valence electrons. The van der Waals surface area contributed by atoms with E-state index in [0.717, 1.165) is 22.0 Å². The van der Waals surface area contributed by atoms with Gasteiger partial charge in [0, 0.05) is 40.5 Å². The maximum atomic E-state index is 13.8. The van der Waals surface area contributed by atoms with Crippen molar-refractivity contribution in [3.05, 3.63) is 95.2 Å². The number of amides is 5. The van der Waals surface area contributed by atoms with Crippen LogP contribution in [0.4, 0.5) is 0 Å². The van der Waals surface area contributed by atoms with Gasteiger partial charge in [0.25, 0.3) is 0 Å². The third kappa shape index (κ3) is 9.30. The van der Waals surface area contributed by atoms with Crippen molar-refractivity contribution >= 4 is 53.1 Å². The van der Waals surface area contributed by atoms with E-state index in [4.69, 9.17) is 11.5 Å². The number of benzene rings is 2. The monoisotopic (exact) mass is 688 g/mol. The van der Waals surface area contributed by atoms with E-state index in [1.54, 1.807) is 6.92 Å². The second-order valence-corrected chi connectivity index (χ2v) is 12.5. The Hall–Kier alpha value is -5.08. The molecule has 1 aliphatic rings. The maximum Gasteiger partial charge on any atom is 0.245 e. The van der Waals surface area contributed by atoms with Crippen molar-refractivity contribution in [1.82, 2.24) is 31.6 Å². The number of nitrogens with two attached hydrogens (primary N) is 2. The van der Waals surface area contributed by atoms with Crippen LogP contribution in [-0.4, -0.2) is 70.8 Å². The molecule has 0 aliphatic carbocycles. The summed E-state index contributed by atoms with van der Waals surface area (Å²) >= 11 is 4.51. The molecule has 0 fully saturated rings. The molecule has 2 aromatic carbocycles. The first-order valence-electron chi connectivity index (χ1n) is 16.1. The Bertz CT molecular complexity index is 1720. The summed E-state index contributed by atoms with van der Waals surface area (Å²) in [6.45, 7) is 6.91. The van der Waals surface area contributed by atoms with Crippen LogP contribution in [0, 0.1) is 0 Å². The molecule has 3 aromatic rings. The number of aromatic nitrogens is 1. The number of thiol groups is 1. The number of hydrogen-bond donors (Lipinski definition) is 9. The minimum Gasteiger partial charge on any atom is -0.371 e. The predicted molar refractivity (Wildman–Crippen MR) is 191 cm³/mol. The Balaban J connectivity index is 1.54. The Kier molecular flexibility index (Phi) is 12.6. The van der Waals surface area contributed by atoms with Crippen LogP contribution in [0.5, 0.6) is 0 Å². The first kappa shape index (κ1) is 36.8. The topological polar surface area (TPSA) is 213 Å². The van der Waals surface area contributed by atoms with Crippen molar-refractivity contribution in [2.24, 2.45) is 11.5 Å². The van der Waals surface area contributed by atoms with Crippen molar-refractivity contribution in [3.8, 4) is 0 Å².